The van der Waals surface area contributed by atoms with E-state index in [9.17, 15) is 4.21 Å². The van der Waals surface area contributed by atoms with Gasteiger partial charge in [-0.3, -0.25) is 4.21 Å². The molecule has 3 unspecified atom stereocenters. The van der Waals surface area contributed by atoms with Gasteiger partial charge < -0.3 is 5.32 Å². The SMILES string of the molecule is Cc1ccc(C)c2c1C(NC1CC1)CC(C)S2=O. The van der Waals surface area contributed by atoms with Gasteiger partial charge in [0.1, 0.15) is 0 Å². The van der Waals surface area contributed by atoms with Crippen molar-refractivity contribution in [1.82, 2.24) is 5.32 Å². The van der Waals surface area contributed by atoms with Gasteiger partial charge in [0.15, 0.2) is 0 Å². The maximum absolute atomic E-state index is 12.5. The molecule has 0 aromatic heterocycles. The van der Waals surface area contributed by atoms with E-state index >= 15 is 0 Å². The molecule has 1 N–H and O–H groups in total. The molecule has 3 atom stereocenters. The topological polar surface area (TPSA) is 29.1 Å². The zero-order chi connectivity index (χ0) is 12.9. The molecule has 1 aliphatic heterocycles. The predicted octanol–water partition coefficient (Wildman–Crippen LogP) is 3.00. The van der Waals surface area contributed by atoms with Crippen LogP contribution in [0.3, 0.4) is 0 Å². The minimum atomic E-state index is -0.837. The van der Waals surface area contributed by atoms with Gasteiger partial charge in [0.2, 0.25) is 0 Å². The van der Waals surface area contributed by atoms with Crippen LogP contribution in [0, 0.1) is 13.8 Å². The standard InChI is InChI=1S/C15H21NOS/c1-9-4-5-10(2)15-14(9)13(16-12-6-7-12)8-11(3)18(15)17/h4-5,11-13,16H,6-8H2,1-3H3. The van der Waals surface area contributed by atoms with Crippen LogP contribution in [0.2, 0.25) is 0 Å². The Morgan fingerprint density at radius 1 is 1.22 bits per heavy atom. The number of benzene rings is 1. The molecule has 1 fully saturated rings. The van der Waals surface area contributed by atoms with Gasteiger partial charge in [-0.1, -0.05) is 19.1 Å². The van der Waals surface area contributed by atoms with Crippen molar-refractivity contribution in [2.45, 2.75) is 62.3 Å². The summed E-state index contributed by atoms with van der Waals surface area (Å²) in [6.07, 6.45) is 3.60. The fraction of sp³-hybridized carbons (Fsp3) is 0.600. The minimum Gasteiger partial charge on any atom is -0.307 e. The first-order chi connectivity index (χ1) is 8.58. The predicted molar refractivity (Wildman–Crippen MR) is 75.3 cm³/mol. The fourth-order valence-electron chi connectivity index (χ4n) is 2.93. The first-order valence-electron chi connectivity index (χ1n) is 6.84. The summed E-state index contributed by atoms with van der Waals surface area (Å²) in [6, 6.07) is 5.38. The van der Waals surface area contributed by atoms with E-state index < -0.39 is 10.8 Å². The van der Waals surface area contributed by atoms with Crippen LogP contribution < -0.4 is 5.32 Å². The molecule has 3 rings (SSSR count). The van der Waals surface area contributed by atoms with Crippen molar-refractivity contribution in [3.05, 3.63) is 28.8 Å². The van der Waals surface area contributed by atoms with Crippen LogP contribution in [0.4, 0.5) is 0 Å². The molecule has 0 spiro atoms. The maximum Gasteiger partial charge on any atom is 0.0564 e. The minimum absolute atomic E-state index is 0.259. The Bertz CT molecular complexity index is 507. The summed E-state index contributed by atoms with van der Waals surface area (Å²) in [5.74, 6) is 0. The lowest BCUT2D eigenvalue weighted by Gasteiger charge is -2.32. The molecule has 1 saturated carbocycles. The van der Waals surface area contributed by atoms with E-state index in [0.717, 1.165) is 11.3 Å². The molecule has 0 saturated heterocycles. The van der Waals surface area contributed by atoms with Crippen LogP contribution in [0.25, 0.3) is 0 Å². The average Bonchev–Trinajstić information content (AvgIpc) is 3.12. The van der Waals surface area contributed by atoms with E-state index in [1.54, 1.807) is 0 Å². The number of nitrogens with one attached hydrogen (secondary N) is 1. The van der Waals surface area contributed by atoms with Gasteiger partial charge in [0.05, 0.1) is 10.8 Å². The van der Waals surface area contributed by atoms with Gasteiger partial charge in [-0.25, -0.2) is 0 Å². The molecule has 1 heterocycles. The molecule has 0 amide bonds. The summed E-state index contributed by atoms with van der Waals surface area (Å²) in [6.45, 7) is 6.35. The van der Waals surface area contributed by atoms with Crippen LogP contribution in [-0.2, 0) is 10.8 Å². The van der Waals surface area contributed by atoms with E-state index in [4.69, 9.17) is 0 Å². The molecule has 0 radical (unpaired) electrons. The normalized spacial score (nSPS) is 31.2. The highest BCUT2D eigenvalue weighted by atomic mass is 32.2. The highest BCUT2D eigenvalue weighted by Crippen LogP contribution is 2.39. The van der Waals surface area contributed by atoms with Gasteiger partial charge in [0.25, 0.3) is 0 Å². The fourth-order valence-corrected chi connectivity index (χ4v) is 4.61. The molecule has 3 heteroatoms. The molecule has 2 nitrogen and oxygen atoms in total. The van der Waals surface area contributed by atoms with Crippen LogP contribution >= 0.6 is 0 Å². The van der Waals surface area contributed by atoms with Gasteiger partial charge in [-0.15, -0.1) is 0 Å². The molecular weight excluding hydrogens is 242 g/mol. The second-order valence-corrected chi connectivity index (χ2v) is 7.59. The number of rotatable bonds is 2. The monoisotopic (exact) mass is 263 g/mol. The lowest BCUT2D eigenvalue weighted by atomic mass is 9.94. The van der Waals surface area contributed by atoms with E-state index in [2.05, 4.69) is 38.2 Å². The highest BCUT2D eigenvalue weighted by molar-refractivity contribution is 7.85. The maximum atomic E-state index is 12.5. The quantitative estimate of drug-likeness (QED) is 0.888. The summed E-state index contributed by atoms with van der Waals surface area (Å²) >= 11 is 0. The zero-order valence-corrected chi connectivity index (χ0v) is 12.1. The molecule has 0 bridgehead atoms. The Balaban J connectivity index is 2.08. The van der Waals surface area contributed by atoms with Crippen LogP contribution in [0.15, 0.2) is 17.0 Å². The van der Waals surface area contributed by atoms with Gasteiger partial charge in [-0.05, 0) is 49.8 Å². The van der Waals surface area contributed by atoms with E-state index in [-0.39, 0.29) is 5.25 Å². The first-order valence-corrected chi connectivity index (χ1v) is 8.06. The highest BCUT2D eigenvalue weighted by Gasteiger charge is 2.35. The van der Waals surface area contributed by atoms with Crippen molar-refractivity contribution in [2.75, 3.05) is 0 Å². The second-order valence-electron chi connectivity index (χ2n) is 5.78. The molecule has 1 aromatic rings. The lowest BCUT2D eigenvalue weighted by molar-refractivity contribution is 0.472. The molecule has 1 aliphatic carbocycles. The summed E-state index contributed by atoms with van der Waals surface area (Å²) in [5, 5.41) is 3.99. The Kier molecular flexibility index (Phi) is 3.07. The van der Waals surface area contributed by atoms with Crippen molar-refractivity contribution in [3.63, 3.8) is 0 Å². The van der Waals surface area contributed by atoms with E-state index in [0.29, 0.717) is 12.1 Å². The third kappa shape index (κ3) is 2.04. The molecule has 98 valence electrons. The van der Waals surface area contributed by atoms with Crippen molar-refractivity contribution in [3.8, 4) is 0 Å². The van der Waals surface area contributed by atoms with Crippen LogP contribution in [0.5, 0.6) is 0 Å². The Morgan fingerprint density at radius 3 is 2.56 bits per heavy atom. The van der Waals surface area contributed by atoms with E-state index in [1.165, 1.54) is 29.5 Å². The van der Waals surface area contributed by atoms with Crippen LogP contribution in [-0.4, -0.2) is 15.5 Å². The third-order valence-electron chi connectivity index (χ3n) is 4.11. The summed E-state index contributed by atoms with van der Waals surface area (Å²) < 4.78 is 12.5. The van der Waals surface area contributed by atoms with Crippen molar-refractivity contribution >= 4 is 10.8 Å². The third-order valence-corrected chi connectivity index (χ3v) is 5.98. The van der Waals surface area contributed by atoms with E-state index in [1.807, 2.05) is 0 Å². The molecule has 2 aliphatic rings. The van der Waals surface area contributed by atoms with Gasteiger partial charge in [0, 0.05) is 22.2 Å². The van der Waals surface area contributed by atoms with Crippen molar-refractivity contribution in [1.29, 1.82) is 0 Å². The van der Waals surface area contributed by atoms with Gasteiger partial charge in [-0.2, -0.15) is 0 Å². The smallest absolute Gasteiger partial charge is 0.0564 e. The number of hydrogen-bond donors (Lipinski definition) is 1. The van der Waals surface area contributed by atoms with Gasteiger partial charge >= 0.3 is 0 Å². The lowest BCUT2D eigenvalue weighted by Crippen LogP contribution is -2.34. The number of hydrogen-bond acceptors (Lipinski definition) is 2. The van der Waals surface area contributed by atoms with Crippen LogP contribution in [0.1, 0.15) is 48.9 Å². The molecule has 1 aromatic carbocycles. The number of aryl methyl sites for hydroxylation is 2. The molecule has 18 heavy (non-hydrogen) atoms. The Labute approximate surface area is 112 Å². The Morgan fingerprint density at radius 2 is 1.89 bits per heavy atom. The summed E-state index contributed by atoms with van der Waals surface area (Å²) in [4.78, 5) is 1.10. The number of fused-ring (bicyclic) bond motifs is 1. The summed E-state index contributed by atoms with van der Waals surface area (Å²) in [5.41, 5.74) is 3.79. The average molecular weight is 263 g/mol. The zero-order valence-electron chi connectivity index (χ0n) is 11.3. The van der Waals surface area contributed by atoms with Crippen molar-refractivity contribution in [2.24, 2.45) is 0 Å². The second kappa shape index (κ2) is 4.46. The largest absolute Gasteiger partial charge is 0.307 e. The Hall–Kier alpha value is -0.670. The van der Waals surface area contributed by atoms with Crippen molar-refractivity contribution < 1.29 is 4.21 Å². The summed E-state index contributed by atoms with van der Waals surface area (Å²) in [7, 11) is -0.837. The first kappa shape index (κ1) is 12.4. The molecular formula is C15H21NOS.